The van der Waals surface area contributed by atoms with Crippen LogP contribution in [0.5, 0.6) is 0 Å². The molecule has 0 aromatic heterocycles. The zero-order valence-corrected chi connectivity index (χ0v) is 13.7. The molecule has 0 fully saturated rings. The zero-order valence-electron chi connectivity index (χ0n) is 12.9. The van der Waals surface area contributed by atoms with Crippen molar-refractivity contribution in [3.8, 4) is 0 Å². The monoisotopic (exact) mass is 327 g/mol. The maximum atomic E-state index is 12.8. The average molecular weight is 328 g/mol. The molecule has 2 amide bonds. The Morgan fingerprint density at radius 1 is 1.22 bits per heavy atom. The number of aliphatic imine (C=N–C) groups is 1. The van der Waals surface area contributed by atoms with Gasteiger partial charge < -0.3 is 5.32 Å². The number of nitrogens with one attached hydrogen (secondary N) is 1. The maximum absolute atomic E-state index is 12.8. The molecule has 0 saturated heterocycles. The van der Waals surface area contributed by atoms with Crippen LogP contribution in [0.15, 0.2) is 53.5 Å². The molecule has 118 valence electrons. The van der Waals surface area contributed by atoms with E-state index >= 15 is 0 Å². The number of halogens is 1. The first-order valence-corrected chi connectivity index (χ1v) is 7.98. The molecule has 5 heteroatoms. The summed E-state index contributed by atoms with van der Waals surface area (Å²) in [6.07, 6.45) is 1.75. The van der Waals surface area contributed by atoms with Crippen LogP contribution in [0.1, 0.15) is 18.4 Å². The third-order valence-electron chi connectivity index (χ3n) is 3.65. The summed E-state index contributed by atoms with van der Waals surface area (Å²) in [5, 5.41) is 3.53. The standard InChI is InChI=1S/C18H18ClN3O/c1-13-5-2-7-15(11-13)21-18(23)22(17-9-4-10-20-17)16-8-3-6-14(19)12-16/h2-3,5-8,11-12H,4,9-10H2,1H3,(H,21,23). The summed E-state index contributed by atoms with van der Waals surface area (Å²) < 4.78 is 0. The molecule has 0 bridgehead atoms. The lowest BCUT2D eigenvalue weighted by atomic mass is 10.2. The second-order valence-electron chi connectivity index (χ2n) is 5.52. The third kappa shape index (κ3) is 3.71. The number of amidine groups is 1. The van der Waals surface area contributed by atoms with Crippen molar-refractivity contribution in [3.05, 3.63) is 59.1 Å². The zero-order chi connectivity index (χ0) is 16.2. The largest absolute Gasteiger partial charge is 0.331 e. The van der Waals surface area contributed by atoms with Gasteiger partial charge in [0.25, 0.3) is 0 Å². The van der Waals surface area contributed by atoms with Crippen molar-refractivity contribution in [3.63, 3.8) is 0 Å². The molecule has 0 unspecified atom stereocenters. The number of nitrogens with zero attached hydrogens (tertiary/aromatic N) is 2. The number of hydrogen-bond acceptors (Lipinski definition) is 2. The van der Waals surface area contributed by atoms with E-state index in [1.165, 1.54) is 0 Å². The van der Waals surface area contributed by atoms with Crippen LogP contribution in [0, 0.1) is 6.92 Å². The van der Waals surface area contributed by atoms with Crippen LogP contribution in [0.3, 0.4) is 0 Å². The highest BCUT2D eigenvalue weighted by molar-refractivity contribution is 6.31. The summed E-state index contributed by atoms with van der Waals surface area (Å²) in [6, 6.07) is 14.8. The van der Waals surface area contributed by atoms with E-state index in [-0.39, 0.29) is 6.03 Å². The molecule has 2 aromatic rings. The first kappa shape index (κ1) is 15.6. The van der Waals surface area contributed by atoms with E-state index in [4.69, 9.17) is 11.6 Å². The van der Waals surface area contributed by atoms with Gasteiger partial charge >= 0.3 is 6.03 Å². The lowest BCUT2D eigenvalue weighted by Crippen LogP contribution is -2.39. The molecule has 1 aliphatic heterocycles. The topological polar surface area (TPSA) is 44.7 Å². The number of anilines is 2. The van der Waals surface area contributed by atoms with Gasteiger partial charge in [-0.05, 0) is 49.2 Å². The Kier molecular flexibility index (Phi) is 4.63. The maximum Gasteiger partial charge on any atom is 0.331 e. The van der Waals surface area contributed by atoms with Crippen LogP contribution in [-0.4, -0.2) is 18.4 Å². The van der Waals surface area contributed by atoms with Crippen LogP contribution in [0.25, 0.3) is 0 Å². The van der Waals surface area contributed by atoms with Gasteiger partial charge in [-0.15, -0.1) is 0 Å². The van der Waals surface area contributed by atoms with Gasteiger partial charge in [-0.1, -0.05) is 29.8 Å². The summed E-state index contributed by atoms with van der Waals surface area (Å²) in [5.74, 6) is 0.775. The summed E-state index contributed by atoms with van der Waals surface area (Å²) in [6.45, 7) is 2.75. The summed E-state index contributed by atoms with van der Waals surface area (Å²) in [4.78, 5) is 18.9. The predicted octanol–water partition coefficient (Wildman–Crippen LogP) is 4.88. The van der Waals surface area contributed by atoms with Crippen molar-refractivity contribution in [1.82, 2.24) is 0 Å². The van der Waals surface area contributed by atoms with E-state index in [0.29, 0.717) is 5.02 Å². The molecular weight excluding hydrogens is 310 g/mol. The van der Waals surface area contributed by atoms with Crippen LogP contribution in [0.4, 0.5) is 16.2 Å². The Hall–Kier alpha value is -2.33. The minimum absolute atomic E-state index is 0.224. The Balaban J connectivity index is 1.90. The molecule has 4 nitrogen and oxygen atoms in total. The van der Waals surface area contributed by atoms with Crippen LogP contribution in [0.2, 0.25) is 5.02 Å². The number of rotatable bonds is 2. The summed E-state index contributed by atoms with van der Waals surface area (Å²) >= 11 is 6.08. The first-order chi connectivity index (χ1) is 11.1. The minimum Gasteiger partial charge on any atom is -0.307 e. The third-order valence-corrected chi connectivity index (χ3v) is 3.88. The lowest BCUT2D eigenvalue weighted by Gasteiger charge is -2.23. The van der Waals surface area contributed by atoms with Crippen LogP contribution >= 0.6 is 11.6 Å². The normalized spacial score (nSPS) is 13.6. The van der Waals surface area contributed by atoms with Gasteiger partial charge in [-0.25, -0.2) is 4.79 Å². The van der Waals surface area contributed by atoms with Crippen molar-refractivity contribution < 1.29 is 4.79 Å². The molecule has 23 heavy (non-hydrogen) atoms. The van der Waals surface area contributed by atoms with Gasteiger partial charge in [0.15, 0.2) is 0 Å². The van der Waals surface area contributed by atoms with Gasteiger partial charge in [0.2, 0.25) is 0 Å². The molecule has 0 saturated carbocycles. The molecule has 1 aliphatic rings. The molecule has 1 heterocycles. The molecule has 0 radical (unpaired) electrons. The number of amides is 2. The quantitative estimate of drug-likeness (QED) is 0.839. The molecule has 0 atom stereocenters. The highest BCUT2D eigenvalue weighted by Gasteiger charge is 2.24. The highest BCUT2D eigenvalue weighted by atomic mass is 35.5. The van der Waals surface area contributed by atoms with E-state index in [0.717, 1.165) is 42.2 Å². The van der Waals surface area contributed by atoms with Crippen molar-refractivity contribution in [2.24, 2.45) is 4.99 Å². The fraction of sp³-hybridized carbons (Fsp3) is 0.222. The van der Waals surface area contributed by atoms with Crippen LogP contribution in [-0.2, 0) is 0 Å². The van der Waals surface area contributed by atoms with Crippen molar-refractivity contribution >= 4 is 34.8 Å². The van der Waals surface area contributed by atoms with Gasteiger partial charge in [0.05, 0.1) is 5.69 Å². The fourth-order valence-electron chi connectivity index (χ4n) is 2.61. The Labute approximate surface area is 140 Å². The van der Waals surface area contributed by atoms with E-state index in [1.807, 2.05) is 43.3 Å². The SMILES string of the molecule is Cc1cccc(NC(=O)N(C2=NCCC2)c2cccc(Cl)c2)c1. The Bertz CT molecular complexity index is 757. The smallest absolute Gasteiger partial charge is 0.307 e. The van der Waals surface area contributed by atoms with Crippen molar-refractivity contribution in [1.29, 1.82) is 0 Å². The van der Waals surface area contributed by atoms with E-state index in [2.05, 4.69) is 10.3 Å². The number of hydrogen-bond donors (Lipinski definition) is 1. The first-order valence-electron chi connectivity index (χ1n) is 7.60. The van der Waals surface area contributed by atoms with Crippen LogP contribution < -0.4 is 10.2 Å². The average Bonchev–Trinajstić information content (AvgIpc) is 3.01. The highest BCUT2D eigenvalue weighted by Crippen LogP contribution is 2.24. The number of carbonyl (C=O) groups is 1. The lowest BCUT2D eigenvalue weighted by molar-refractivity contribution is 0.259. The van der Waals surface area contributed by atoms with Gasteiger partial charge in [-0.3, -0.25) is 9.89 Å². The fourth-order valence-corrected chi connectivity index (χ4v) is 2.79. The molecule has 1 N–H and O–H groups in total. The van der Waals surface area contributed by atoms with E-state index < -0.39 is 0 Å². The molecule has 0 aliphatic carbocycles. The van der Waals surface area contributed by atoms with Gasteiger partial charge in [0, 0.05) is 23.7 Å². The van der Waals surface area contributed by atoms with Crippen molar-refractivity contribution in [2.75, 3.05) is 16.8 Å². The van der Waals surface area contributed by atoms with Crippen molar-refractivity contribution in [2.45, 2.75) is 19.8 Å². The Morgan fingerprint density at radius 2 is 2.04 bits per heavy atom. The second kappa shape index (κ2) is 6.84. The summed E-state index contributed by atoms with van der Waals surface area (Å²) in [7, 11) is 0. The van der Waals surface area contributed by atoms with Gasteiger partial charge in [-0.2, -0.15) is 0 Å². The number of carbonyl (C=O) groups excluding carboxylic acids is 1. The molecule has 3 rings (SSSR count). The summed E-state index contributed by atoms with van der Waals surface area (Å²) in [5.41, 5.74) is 2.58. The number of aryl methyl sites for hydroxylation is 1. The molecular formula is C18H18ClN3O. The van der Waals surface area contributed by atoms with E-state index in [1.54, 1.807) is 17.0 Å². The molecule has 2 aromatic carbocycles. The Morgan fingerprint density at radius 3 is 2.74 bits per heavy atom. The van der Waals surface area contributed by atoms with Gasteiger partial charge in [0.1, 0.15) is 5.84 Å². The number of benzene rings is 2. The number of urea groups is 1. The second-order valence-corrected chi connectivity index (χ2v) is 5.95. The molecule has 0 spiro atoms. The van der Waals surface area contributed by atoms with E-state index in [9.17, 15) is 4.79 Å². The minimum atomic E-state index is -0.224. The predicted molar refractivity (Wildman–Crippen MR) is 95.7 cm³/mol.